The monoisotopic (exact) mass is 202 g/mol. The predicted octanol–water partition coefficient (Wildman–Crippen LogP) is -0.363. The van der Waals surface area contributed by atoms with Crippen LogP contribution in [0.3, 0.4) is 0 Å². The molecule has 0 aromatic heterocycles. The summed E-state index contributed by atoms with van der Waals surface area (Å²) in [7, 11) is 0. The number of nitrogens with one attached hydrogen (secondary N) is 2. The van der Waals surface area contributed by atoms with Crippen molar-refractivity contribution in [3.8, 4) is 0 Å². The lowest BCUT2D eigenvalue weighted by Crippen LogP contribution is -2.52. The second kappa shape index (κ2) is 7.17. The van der Waals surface area contributed by atoms with Crippen LogP contribution in [0.25, 0.3) is 0 Å². The van der Waals surface area contributed by atoms with E-state index in [1.54, 1.807) is 0 Å². The van der Waals surface area contributed by atoms with Crippen molar-refractivity contribution < 1.29 is 0 Å². The van der Waals surface area contributed by atoms with Crippen molar-refractivity contribution in [2.24, 2.45) is 11.5 Å². The van der Waals surface area contributed by atoms with Crippen molar-refractivity contribution in [2.75, 3.05) is 13.1 Å². The molecular formula is C10H26N4. The Morgan fingerprint density at radius 1 is 1.00 bits per heavy atom. The SMILES string of the molecule is CC(N)CNCC(NC(C)C)C(C)N. The van der Waals surface area contributed by atoms with E-state index in [-0.39, 0.29) is 12.1 Å². The summed E-state index contributed by atoms with van der Waals surface area (Å²) in [5.41, 5.74) is 11.5. The first kappa shape index (κ1) is 13.8. The Morgan fingerprint density at radius 3 is 1.93 bits per heavy atom. The first-order valence-corrected chi connectivity index (χ1v) is 5.41. The molecule has 0 aromatic rings. The van der Waals surface area contributed by atoms with Gasteiger partial charge in [0, 0.05) is 37.3 Å². The summed E-state index contributed by atoms with van der Waals surface area (Å²) in [4.78, 5) is 0. The topological polar surface area (TPSA) is 76.1 Å². The standard InChI is InChI=1S/C10H26N4/c1-7(2)14-10(9(4)12)6-13-5-8(3)11/h7-10,13-14H,5-6,11-12H2,1-4H3. The quantitative estimate of drug-likeness (QED) is 0.455. The number of rotatable bonds is 7. The molecule has 0 radical (unpaired) electrons. The zero-order chi connectivity index (χ0) is 11.1. The lowest BCUT2D eigenvalue weighted by atomic mass is 10.1. The van der Waals surface area contributed by atoms with Gasteiger partial charge in [0.1, 0.15) is 0 Å². The van der Waals surface area contributed by atoms with E-state index in [4.69, 9.17) is 11.5 Å². The third-order valence-electron chi connectivity index (χ3n) is 2.01. The summed E-state index contributed by atoms with van der Waals surface area (Å²) >= 11 is 0. The van der Waals surface area contributed by atoms with E-state index in [2.05, 4.69) is 24.5 Å². The summed E-state index contributed by atoms with van der Waals surface area (Å²) in [6, 6.07) is 1.12. The van der Waals surface area contributed by atoms with E-state index in [0.29, 0.717) is 12.1 Å². The van der Waals surface area contributed by atoms with Gasteiger partial charge >= 0.3 is 0 Å². The van der Waals surface area contributed by atoms with Crippen molar-refractivity contribution in [1.29, 1.82) is 0 Å². The van der Waals surface area contributed by atoms with Crippen LogP contribution >= 0.6 is 0 Å². The average molecular weight is 202 g/mol. The van der Waals surface area contributed by atoms with Crippen LogP contribution in [-0.4, -0.2) is 37.3 Å². The second-order valence-corrected chi connectivity index (χ2v) is 4.42. The molecule has 4 nitrogen and oxygen atoms in total. The molecular weight excluding hydrogens is 176 g/mol. The normalized spacial score (nSPS) is 18.2. The molecule has 0 amide bonds. The van der Waals surface area contributed by atoms with E-state index >= 15 is 0 Å². The van der Waals surface area contributed by atoms with Crippen molar-refractivity contribution in [3.05, 3.63) is 0 Å². The van der Waals surface area contributed by atoms with E-state index < -0.39 is 0 Å². The van der Waals surface area contributed by atoms with Gasteiger partial charge < -0.3 is 22.1 Å². The molecule has 3 unspecified atom stereocenters. The minimum absolute atomic E-state index is 0.151. The van der Waals surface area contributed by atoms with Gasteiger partial charge in [-0.25, -0.2) is 0 Å². The Hall–Kier alpha value is -0.160. The number of hydrogen-bond acceptors (Lipinski definition) is 4. The molecule has 0 aliphatic carbocycles. The third-order valence-corrected chi connectivity index (χ3v) is 2.01. The number of nitrogens with two attached hydrogens (primary N) is 2. The van der Waals surface area contributed by atoms with Crippen LogP contribution in [0.15, 0.2) is 0 Å². The van der Waals surface area contributed by atoms with Gasteiger partial charge in [-0.2, -0.15) is 0 Å². The minimum atomic E-state index is 0.151. The summed E-state index contributed by atoms with van der Waals surface area (Å²) in [5, 5.41) is 6.73. The first-order chi connectivity index (χ1) is 6.43. The Bertz CT molecular complexity index is 134. The fourth-order valence-electron chi connectivity index (χ4n) is 1.29. The number of hydrogen-bond donors (Lipinski definition) is 4. The Morgan fingerprint density at radius 2 is 1.57 bits per heavy atom. The highest BCUT2D eigenvalue weighted by atomic mass is 15.0. The van der Waals surface area contributed by atoms with Gasteiger partial charge in [-0.15, -0.1) is 0 Å². The molecule has 4 heteroatoms. The third kappa shape index (κ3) is 7.26. The maximum Gasteiger partial charge on any atom is 0.0343 e. The molecule has 0 bridgehead atoms. The minimum Gasteiger partial charge on any atom is -0.327 e. The van der Waals surface area contributed by atoms with Crippen molar-refractivity contribution in [2.45, 2.75) is 51.9 Å². The first-order valence-electron chi connectivity index (χ1n) is 5.41. The highest BCUT2D eigenvalue weighted by Crippen LogP contribution is 1.91. The Kier molecular flexibility index (Phi) is 7.09. The van der Waals surface area contributed by atoms with Crippen LogP contribution in [0, 0.1) is 0 Å². The van der Waals surface area contributed by atoms with E-state index in [0.717, 1.165) is 13.1 Å². The van der Waals surface area contributed by atoms with Crippen LogP contribution in [0.1, 0.15) is 27.7 Å². The molecule has 0 aromatic carbocycles. The largest absolute Gasteiger partial charge is 0.327 e. The van der Waals surface area contributed by atoms with Gasteiger partial charge in [-0.05, 0) is 13.8 Å². The molecule has 0 rings (SSSR count). The fraction of sp³-hybridized carbons (Fsp3) is 1.00. The van der Waals surface area contributed by atoms with E-state index in [1.165, 1.54) is 0 Å². The van der Waals surface area contributed by atoms with Crippen molar-refractivity contribution in [3.63, 3.8) is 0 Å². The lowest BCUT2D eigenvalue weighted by molar-refractivity contribution is 0.388. The van der Waals surface area contributed by atoms with Crippen LogP contribution < -0.4 is 22.1 Å². The summed E-state index contributed by atoms with van der Waals surface area (Å²) in [5.74, 6) is 0. The molecule has 14 heavy (non-hydrogen) atoms. The lowest BCUT2D eigenvalue weighted by Gasteiger charge is -2.25. The van der Waals surface area contributed by atoms with Gasteiger partial charge in [0.25, 0.3) is 0 Å². The van der Waals surface area contributed by atoms with E-state index in [1.807, 2.05) is 13.8 Å². The van der Waals surface area contributed by atoms with Crippen molar-refractivity contribution in [1.82, 2.24) is 10.6 Å². The molecule has 0 fully saturated rings. The maximum absolute atomic E-state index is 5.87. The molecule has 0 aliphatic heterocycles. The Labute approximate surface area is 87.8 Å². The van der Waals surface area contributed by atoms with Crippen LogP contribution in [0.4, 0.5) is 0 Å². The molecule has 0 heterocycles. The second-order valence-electron chi connectivity index (χ2n) is 4.42. The average Bonchev–Trinajstić information content (AvgIpc) is 2.00. The molecule has 0 saturated carbocycles. The highest BCUT2D eigenvalue weighted by Gasteiger charge is 2.13. The summed E-state index contributed by atoms with van der Waals surface area (Å²) in [6.07, 6.45) is 0. The Balaban J connectivity index is 3.74. The van der Waals surface area contributed by atoms with Crippen LogP contribution in [-0.2, 0) is 0 Å². The molecule has 86 valence electrons. The summed E-state index contributed by atoms with van der Waals surface area (Å²) < 4.78 is 0. The molecule has 3 atom stereocenters. The van der Waals surface area contributed by atoms with Gasteiger partial charge in [-0.1, -0.05) is 13.8 Å². The van der Waals surface area contributed by atoms with Gasteiger partial charge in [0.15, 0.2) is 0 Å². The zero-order valence-electron chi connectivity index (χ0n) is 9.88. The molecule has 0 aliphatic rings. The highest BCUT2D eigenvalue weighted by molar-refractivity contribution is 4.80. The molecule has 0 saturated heterocycles. The van der Waals surface area contributed by atoms with Gasteiger partial charge in [-0.3, -0.25) is 0 Å². The van der Waals surface area contributed by atoms with Gasteiger partial charge in [0.05, 0.1) is 0 Å². The predicted molar refractivity (Wildman–Crippen MR) is 62.2 cm³/mol. The smallest absolute Gasteiger partial charge is 0.0343 e. The molecule has 0 spiro atoms. The van der Waals surface area contributed by atoms with E-state index in [9.17, 15) is 0 Å². The van der Waals surface area contributed by atoms with Gasteiger partial charge in [0.2, 0.25) is 0 Å². The van der Waals surface area contributed by atoms with Crippen LogP contribution in [0.5, 0.6) is 0 Å². The van der Waals surface area contributed by atoms with Crippen molar-refractivity contribution >= 4 is 0 Å². The fourth-order valence-corrected chi connectivity index (χ4v) is 1.29. The zero-order valence-corrected chi connectivity index (χ0v) is 9.88. The summed E-state index contributed by atoms with van der Waals surface area (Å²) in [6.45, 7) is 9.97. The molecule has 6 N–H and O–H groups in total. The maximum atomic E-state index is 5.87. The van der Waals surface area contributed by atoms with Crippen LogP contribution in [0.2, 0.25) is 0 Å².